The van der Waals surface area contributed by atoms with Crippen molar-refractivity contribution >= 4 is 5.69 Å². The zero-order valence-electron chi connectivity index (χ0n) is 12.5. The van der Waals surface area contributed by atoms with Gasteiger partial charge < -0.3 is 10.1 Å². The maximum absolute atomic E-state index is 5.88. The molecule has 2 heteroatoms. The lowest BCUT2D eigenvalue weighted by molar-refractivity contribution is 0.243. The van der Waals surface area contributed by atoms with Crippen LogP contribution in [0.1, 0.15) is 52.9 Å². The maximum atomic E-state index is 5.88. The number of nitrogens with one attached hydrogen (secondary N) is 1. The molecule has 0 heterocycles. The van der Waals surface area contributed by atoms with Crippen LogP contribution >= 0.6 is 0 Å². The molecule has 0 aromatic heterocycles. The lowest BCUT2D eigenvalue weighted by Gasteiger charge is -2.21. The highest BCUT2D eigenvalue weighted by molar-refractivity contribution is 5.56. The predicted molar refractivity (Wildman–Crippen MR) is 81.9 cm³/mol. The molecule has 1 fully saturated rings. The smallest absolute Gasteiger partial charge is 0.142 e. The fraction of sp³-hybridized carbons (Fsp3) is 0.647. The number of anilines is 1. The molecule has 2 rings (SSSR count). The Balaban J connectivity index is 2.01. The molecule has 2 atom stereocenters. The molecule has 0 spiro atoms. The average Bonchev–Trinajstić information content (AvgIpc) is 2.56. The van der Waals surface area contributed by atoms with Crippen LogP contribution in [0.4, 0.5) is 5.69 Å². The van der Waals surface area contributed by atoms with Gasteiger partial charge in [-0.3, -0.25) is 0 Å². The summed E-state index contributed by atoms with van der Waals surface area (Å²) in [7, 11) is 0. The Morgan fingerprint density at radius 3 is 2.68 bits per heavy atom. The molecule has 0 aliphatic heterocycles. The van der Waals surface area contributed by atoms with Gasteiger partial charge in [0, 0.05) is 6.04 Å². The van der Waals surface area contributed by atoms with Crippen LogP contribution in [0.5, 0.6) is 5.75 Å². The molecular formula is C17H27NO. The third-order valence-electron chi connectivity index (χ3n) is 3.87. The Kier molecular flexibility index (Phi) is 5.12. The van der Waals surface area contributed by atoms with Crippen LogP contribution in [0, 0.1) is 5.92 Å². The molecule has 0 saturated heterocycles. The summed E-state index contributed by atoms with van der Waals surface area (Å²) in [5, 5.41) is 3.69. The van der Waals surface area contributed by atoms with Gasteiger partial charge in [0.1, 0.15) is 5.75 Å². The number of hydrogen-bond acceptors (Lipinski definition) is 2. The van der Waals surface area contributed by atoms with E-state index in [4.69, 9.17) is 4.74 Å². The van der Waals surface area contributed by atoms with E-state index in [9.17, 15) is 0 Å². The summed E-state index contributed by atoms with van der Waals surface area (Å²) >= 11 is 0. The van der Waals surface area contributed by atoms with E-state index in [1.54, 1.807) is 0 Å². The minimum atomic E-state index is 0.220. The monoisotopic (exact) mass is 261 g/mol. The van der Waals surface area contributed by atoms with E-state index in [1.807, 2.05) is 6.07 Å². The van der Waals surface area contributed by atoms with Gasteiger partial charge in [0.2, 0.25) is 0 Å². The zero-order chi connectivity index (χ0) is 13.7. The highest BCUT2D eigenvalue weighted by Gasteiger charge is 2.17. The average molecular weight is 261 g/mol. The molecule has 0 bridgehead atoms. The molecule has 1 N–H and O–H groups in total. The molecule has 1 aromatic carbocycles. The van der Waals surface area contributed by atoms with Gasteiger partial charge in [-0.05, 0) is 51.2 Å². The van der Waals surface area contributed by atoms with Crippen molar-refractivity contribution in [3.05, 3.63) is 24.3 Å². The number of rotatable bonds is 4. The first-order valence-electron chi connectivity index (χ1n) is 7.67. The first-order valence-corrected chi connectivity index (χ1v) is 7.67. The molecule has 1 saturated carbocycles. The minimum Gasteiger partial charge on any atom is -0.489 e. The van der Waals surface area contributed by atoms with E-state index in [0.717, 1.165) is 17.4 Å². The van der Waals surface area contributed by atoms with Gasteiger partial charge in [-0.1, -0.05) is 31.9 Å². The number of hydrogen-bond donors (Lipinski definition) is 1. The molecular weight excluding hydrogens is 234 g/mol. The Morgan fingerprint density at radius 2 is 1.89 bits per heavy atom. The normalized spacial score (nSPS) is 24.0. The molecule has 0 amide bonds. The van der Waals surface area contributed by atoms with Crippen molar-refractivity contribution in [2.24, 2.45) is 5.92 Å². The molecule has 2 nitrogen and oxygen atoms in total. The SMILES string of the molecule is CC1CCCC(Nc2ccccc2OC(C)C)CC1. The van der Waals surface area contributed by atoms with Gasteiger partial charge in [-0.2, -0.15) is 0 Å². The third kappa shape index (κ3) is 4.45. The van der Waals surface area contributed by atoms with Crippen LogP contribution in [0.2, 0.25) is 0 Å². The Labute approximate surface area is 117 Å². The van der Waals surface area contributed by atoms with Crippen LogP contribution in [-0.4, -0.2) is 12.1 Å². The second-order valence-electron chi connectivity index (χ2n) is 6.12. The Bertz CT molecular complexity index is 389. The quantitative estimate of drug-likeness (QED) is 0.782. The van der Waals surface area contributed by atoms with Crippen molar-refractivity contribution in [2.45, 2.75) is 65.0 Å². The van der Waals surface area contributed by atoms with E-state index in [0.29, 0.717) is 6.04 Å². The number of ether oxygens (including phenoxy) is 1. The fourth-order valence-electron chi connectivity index (χ4n) is 2.79. The number of para-hydroxylation sites is 2. The molecule has 106 valence electrons. The van der Waals surface area contributed by atoms with Gasteiger partial charge in [-0.15, -0.1) is 0 Å². The van der Waals surface area contributed by atoms with Gasteiger partial charge in [0.05, 0.1) is 11.8 Å². The van der Waals surface area contributed by atoms with Gasteiger partial charge >= 0.3 is 0 Å². The van der Waals surface area contributed by atoms with Crippen LogP contribution in [0.25, 0.3) is 0 Å². The van der Waals surface area contributed by atoms with Crippen molar-refractivity contribution in [3.8, 4) is 5.75 Å². The van der Waals surface area contributed by atoms with Crippen LogP contribution in [0.3, 0.4) is 0 Å². The summed E-state index contributed by atoms with van der Waals surface area (Å²) in [5.41, 5.74) is 1.15. The van der Waals surface area contributed by atoms with E-state index in [-0.39, 0.29) is 6.10 Å². The highest BCUT2D eigenvalue weighted by Crippen LogP contribution is 2.29. The van der Waals surface area contributed by atoms with Crippen LogP contribution in [-0.2, 0) is 0 Å². The second kappa shape index (κ2) is 6.83. The molecule has 1 aromatic rings. The van der Waals surface area contributed by atoms with Crippen molar-refractivity contribution in [3.63, 3.8) is 0 Å². The fourth-order valence-corrected chi connectivity index (χ4v) is 2.79. The minimum absolute atomic E-state index is 0.220. The summed E-state index contributed by atoms with van der Waals surface area (Å²) in [4.78, 5) is 0. The van der Waals surface area contributed by atoms with Crippen molar-refractivity contribution in [1.82, 2.24) is 0 Å². The highest BCUT2D eigenvalue weighted by atomic mass is 16.5. The topological polar surface area (TPSA) is 21.3 Å². The summed E-state index contributed by atoms with van der Waals surface area (Å²) in [6.45, 7) is 6.52. The lowest BCUT2D eigenvalue weighted by Crippen LogP contribution is -2.19. The largest absolute Gasteiger partial charge is 0.489 e. The second-order valence-corrected chi connectivity index (χ2v) is 6.12. The summed E-state index contributed by atoms with van der Waals surface area (Å²) < 4.78 is 5.88. The van der Waals surface area contributed by atoms with Crippen molar-refractivity contribution < 1.29 is 4.74 Å². The van der Waals surface area contributed by atoms with E-state index < -0.39 is 0 Å². The summed E-state index contributed by atoms with van der Waals surface area (Å²) in [6.07, 6.45) is 6.83. The van der Waals surface area contributed by atoms with E-state index >= 15 is 0 Å². The van der Waals surface area contributed by atoms with Gasteiger partial charge in [-0.25, -0.2) is 0 Å². The van der Waals surface area contributed by atoms with Gasteiger partial charge in [0.25, 0.3) is 0 Å². The van der Waals surface area contributed by atoms with E-state index in [2.05, 4.69) is 44.3 Å². The molecule has 2 unspecified atom stereocenters. The van der Waals surface area contributed by atoms with E-state index in [1.165, 1.54) is 32.1 Å². The lowest BCUT2D eigenvalue weighted by atomic mass is 10.0. The molecule has 19 heavy (non-hydrogen) atoms. The molecule has 0 radical (unpaired) electrons. The zero-order valence-corrected chi connectivity index (χ0v) is 12.5. The predicted octanol–water partition coefficient (Wildman–Crippen LogP) is 4.85. The first-order chi connectivity index (χ1) is 9.15. The number of benzene rings is 1. The third-order valence-corrected chi connectivity index (χ3v) is 3.87. The summed E-state index contributed by atoms with van der Waals surface area (Å²) in [5.74, 6) is 1.86. The van der Waals surface area contributed by atoms with Crippen LogP contribution in [0.15, 0.2) is 24.3 Å². The van der Waals surface area contributed by atoms with Crippen LogP contribution < -0.4 is 10.1 Å². The standard InChI is InChI=1S/C17H27NO/c1-13(2)19-17-10-5-4-9-16(17)18-15-8-6-7-14(3)11-12-15/h4-5,9-10,13-15,18H,6-8,11-12H2,1-3H3. The Morgan fingerprint density at radius 1 is 1.11 bits per heavy atom. The maximum Gasteiger partial charge on any atom is 0.142 e. The first kappa shape index (κ1) is 14.2. The van der Waals surface area contributed by atoms with Crippen molar-refractivity contribution in [2.75, 3.05) is 5.32 Å². The Hall–Kier alpha value is -1.18. The van der Waals surface area contributed by atoms with Gasteiger partial charge in [0.15, 0.2) is 0 Å². The molecule has 1 aliphatic rings. The van der Waals surface area contributed by atoms with Crippen molar-refractivity contribution in [1.29, 1.82) is 0 Å². The molecule has 1 aliphatic carbocycles. The summed E-state index contributed by atoms with van der Waals surface area (Å²) in [6, 6.07) is 8.91.